The second kappa shape index (κ2) is 16.8. The summed E-state index contributed by atoms with van der Waals surface area (Å²) in [4.78, 5) is 23.5. The van der Waals surface area contributed by atoms with Gasteiger partial charge in [0, 0.05) is 12.8 Å². The molecule has 0 radical (unpaired) electrons. The average Bonchev–Trinajstić information content (AvgIpc) is 2.61. The number of carbonyl (C=O) groups is 2. The summed E-state index contributed by atoms with van der Waals surface area (Å²) in [5.74, 6) is -0.553. The molecule has 4 nitrogen and oxygen atoms in total. The van der Waals surface area contributed by atoms with Gasteiger partial charge in [0.2, 0.25) is 0 Å². The zero-order valence-corrected chi connectivity index (χ0v) is 19.3. The molecular formula is C25H40O4. The summed E-state index contributed by atoms with van der Waals surface area (Å²) in [6, 6.07) is 0. The van der Waals surface area contributed by atoms with Crippen molar-refractivity contribution >= 4 is 11.9 Å². The number of hydrogen-bond acceptors (Lipinski definition) is 4. The Bertz CT molecular complexity index is 559. The molecule has 164 valence electrons. The third-order valence-electron chi connectivity index (χ3n) is 4.30. The summed E-state index contributed by atoms with van der Waals surface area (Å²) in [5.41, 5.74) is 5.05. The zero-order chi connectivity index (χ0) is 22.1. The Morgan fingerprint density at radius 1 is 0.586 bits per heavy atom. The van der Waals surface area contributed by atoms with Crippen LogP contribution in [0.4, 0.5) is 0 Å². The Labute approximate surface area is 177 Å². The largest absolute Gasteiger partial charge is 0.461 e. The first-order chi connectivity index (χ1) is 13.7. The van der Waals surface area contributed by atoms with Crippen LogP contribution in [0.5, 0.6) is 0 Å². The zero-order valence-electron chi connectivity index (χ0n) is 19.3. The number of carbonyl (C=O) groups excluding carboxylic acids is 2. The lowest BCUT2D eigenvalue weighted by atomic mass is 10.1. The molecule has 0 aromatic carbocycles. The first kappa shape index (κ1) is 26.9. The molecule has 0 aromatic rings. The highest BCUT2D eigenvalue weighted by Gasteiger charge is 2.06. The topological polar surface area (TPSA) is 52.6 Å². The lowest BCUT2D eigenvalue weighted by Gasteiger charge is -2.05. The van der Waals surface area contributed by atoms with Crippen molar-refractivity contribution < 1.29 is 19.1 Å². The number of hydrogen-bond donors (Lipinski definition) is 0. The van der Waals surface area contributed by atoms with Crippen molar-refractivity contribution in [2.24, 2.45) is 0 Å². The molecule has 0 saturated heterocycles. The van der Waals surface area contributed by atoms with Gasteiger partial charge in [-0.15, -0.1) is 0 Å². The molecule has 0 N–H and O–H groups in total. The molecule has 0 spiro atoms. The lowest BCUT2D eigenvalue weighted by molar-refractivity contribution is -0.144. The molecule has 0 aliphatic carbocycles. The highest BCUT2D eigenvalue weighted by Crippen LogP contribution is 2.08. The molecule has 0 aliphatic heterocycles. The summed E-state index contributed by atoms with van der Waals surface area (Å²) in [5, 5.41) is 0. The van der Waals surface area contributed by atoms with E-state index in [-0.39, 0.29) is 24.8 Å². The minimum Gasteiger partial charge on any atom is -0.461 e. The molecule has 0 saturated carbocycles. The first-order valence-electron chi connectivity index (χ1n) is 10.6. The van der Waals surface area contributed by atoms with Gasteiger partial charge in [-0.25, -0.2) is 0 Å². The van der Waals surface area contributed by atoms with E-state index in [9.17, 15) is 9.59 Å². The van der Waals surface area contributed by atoms with Crippen molar-refractivity contribution in [1.82, 2.24) is 0 Å². The number of ether oxygens (including phenoxy) is 2. The molecule has 0 fully saturated rings. The summed E-state index contributed by atoms with van der Waals surface area (Å²) >= 11 is 0. The van der Waals surface area contributed by atoms with Gasteiger partial charge in [-0.1, -0.05) is 34.4 Å². The average molecular weight is 405 g/mol. The van der Waals surface area contributed by atoms with Gasteiger partial charge < -0.3 is 9.47 Å². The fourth-order valence-electron chi connectivity index (χ4n) is 2.46. The minimum absolute atomic E-state index is 0.233. The monoisotopic (exact) mass is 404 g/mol. The van der Waals surface area contributed by atoms with Crippen LogP contribution in [0, 0.1) is 0 Å². The molecule has 0 rings (SSSR count). The summed E-state index contributed by atoms with van der Waals surface area (Å²) in [7, 11) is 0. The standard InChI is InChI=1S/C25H40O4/c1-20(2)10-7-12-22(5)16-18-28-24(26)14-9-15-25(27)29-19-17-23(6)13-8-11-21(3)4/h10-11,16-17H,7-9,12-15,18-19H2,1-6H3/b22-16+,23-17+. The third kappa shape index (κ3) is 19.0. The van der Waals surface area contributed by atoms with E-state index in [1.165, 1.54) is 22.3 Å². The third-order valence-corrected chi connectivity index (χ3v) is 4.30. The van der Waals surface area contributed by atoms with E-state index in [0.717, 1.165) is 25.7 Å². The summed E-state index contributed by atoms with van der Waals surface area (Å²) < 4.78 is 10.4. The van der Waals surface area contributed by atoms with Crippen molar-refractivity contribution in [3.63, 3.8) is 0 Å². The fourth-order valence-corrected chi connectivity index (χ4v) is 2.46. The van der Waals surface area contributed by atoms with Crippen molar-refractivity contribution in [3.05, 3.63) is 46.6 Å². The van der Waals surface area contributed by atoms with Gasteiger partial charge in [0.25, 0.3) is 0 Å². The maximum atomic E-state index is 11.7. The number of esters is 2. The quantitative estimate of drug-likeness (QED) is 0.241. The molecule has 0 aliphatic rings. The maximum Gasteiger partial charge on any atom is 0.306 e. The Morgan fingerprint density at radius 3 is 1.31 bits per heavy atom. The Kier molecular flexibility index (Phi) is 15.6. The van der Waals surface area contributed by atoms with Crippen LogP contribution < -0.4 is 0 Å². The van der Waals surface area contributed by atoms with Gasteiger partial charge in [0.15, 0.2) is 0 Å². The highest BCUT2D eigenvalue weighted by atomic mass is 16.5. The van der Waals surface area contributed by atoms with E-state index >= 15 is 0 Å². The lowest BCUT2D eigenvalue weighted by Crippen LogP contribution is -2.08. The van der Waals surface area contributed by atoms with Crippen LogP contribution in [-0.2, 0) is 19.1 Å². The molecule has 0 unspecified atom stereocenters. The smallest absolute Gasteiger partial charge is 0.306 e. The molecule has 29 heavy (non-hydrogen) atoms. The van der Waals surface area contributed by atoms with Gasteiger partial charge in [-0.05, 0) is 85.8 Å². The van der Waals surface area contributed by atoms with E-state index in [4.69, 9.17) is 9.47 Å². The van der Waals surface area contributed by atoms with Crippen LogP contribution in [0.1, 0.15) is 86.5 Å². The second-order valence-corrected chi connectivity index (χ2v) is 7.96. The van der Waals surface area contributed by atoms with Crippen LogP contribution in [0.3, 0.4) is 0 Å². The van der Waals surface area contributed by atoms with Gasteiger partial charge in [-0.3, -0.25) is 9.59 Å². The molecule has 0 amide bonds. The van der Waals surface area contributed by atoms with Crippen molar-refractivity contribution in [2.75, 3.05) is 13.2 Å². The summed E-state index contributed by atoms with van der Waals surface area (Å²) in [6.45, 7) is 13.0. The van der Waals surface area contributed by atoms with Crippen molar-refractivity contribution in [1.29, 1.82) is 0 Å². The van der Waals surface area contributed by atoms with E-state index in [1.807, 2.05) is 26.0 Å². The molecule has 0 aromatic heterocycles. The Balaban J connectivity index is 3.86. The number of rotatable bonds is 14. The van der Waals surface area contributed by atoms with Crippen LogP contribution in [0.15, 0.2) is 46.6 Å². The Morgan fingerprint density at radius 2 is 0.966 bits per heavy atom. The predicted octanol–water partition coefficient (Wildman–Crippen LogP) is 6.63. The maximum absolute atomic E-state index is 11.7. The Hall–Kier alpha value is -2.10. The highest BCUT2D eigenvalue weighted by molar-refractivity contribution is 5.72. The minimum atomic E-state index is -0.277. The van der Waals surface area contributed by atoms with Gasteiger partial charge >= 0.3 is 11.9 Å². The fraction of sp³-hybridized carbons (Fsp3) is 0.600. The molecule has 0 atom stereocenters. The van der Waals surface area contributed by atoms with Gasteiger partial charge in [-0.2, -0.15) is 0 Å². The SMILES string of the molecule is CC(C)=CCC/C(C)=C/COC(=O)CCCC(=O)OC/C=C(\C)CCC=C(C)C. The van der Waals surface area contributed by atoms with Crippen molar-refractivity contribution in [2.45, 2.75) is 86.5 Å². The van der Waals surface area contributed by atoms with E-state index in [1.54, 1.807) is 0 Å². The molecule has 4 heteroatoms. The molecule has 0 heterocycles. The molecular weight excluding hydrogens is 364 g/mol. The first-order valence-corrected chi connectivity index (χ1v) is 10.6. The predicted molar refractivity (Wildman–Crippen MR) is 121 cm³/mol. The van der Waals surface area contributed by atoms with Crippen LogP contribution in [0.2, 0.25) is 0 Å². The normalized spacial score (nSPS) is 11.7. The second-order valence-electron chi connectivity index (χ2n) is 7.96. The van der Waals surface area contributed by atoms with Gasteiger partial charge in [0.1, 0.15) is 13.2 Å². The van der Waals surface area contributed by atoms with Crippen LogP contribution >= 0.6 is 0 Å². The van der Waals surface area contributed by atoms with E-state index < -0.39 is 0 Å². The van der Waals surface area contributed by atoms with Crippen LogP contribution in [0.25, 0.3) is 0 Å². The van der Waals surface area contributed by atoms with Gasteiger partial charge in [0.05, 0.1) is 0 Å². The van der Waals surface area contributed by atoms with Crippen LogP contribution in [-0.4, -0.2) is 25.2 Å². The molecule has 0 bridgehead atoms. The van der Waals surface area contributed by atoms with Crippen molar-refractivity contribution in [3.8, 4) is 0 Å². The van der Waals surface area contributed by atoms with E-state index in [0.29, 0.717) is 19.6 Å². The number of allylic oxidation sites excluding steroid dienone is 6. The van der Waals surface area contributed by atoms with E-state index in [2.05, 4.69) is 39.8 Å². The summed E-state index contributed by atoms with van der Waals surface area (Å²) in [6.07, 6.45) is 13.1.